The second kappa shape index (κ2) is 6.37. The average Bonchev–Trinajstić information content (AvgIpc) is 2.58. The lowest BCUT2D eigenvalue weighted by molar-refractivity contribution is 0.102. The fraction of sp³-hybridized carbons (Fsp3) is 0.111. The Labute approximate surface area is 143 Å². The molecule has 0 saturated heterocycles. The number of nitrogens with one attached hydrogen (secondary N) is 2. The van der Waals surface area contributed by atoms with Crippen LogP contribution in [0.2, 0.25) is 5.02 Å². The number of methoxy groups -OCH3 is 1. The number of fused-ring (bicyclic) bond motifs is 1. The Hall–Kier alpha value is -2.79. The van der Waals surface area contributed by atoms with Crippen molar-refractivity contribution in [2.45, 2.75) is 6.92 Å². The third kappa shape index (κ3) is 2.86. The van der Waals surface area contributed by atoms with Gasteiger partial charge in [-0.05, 0) is 36.8 Å². The molecule has 0 unspecified atom stereocenters. The number of aromatic nitrogens is 1. The molecule has 0 saturated carbocycles. The van der Waals surface area contributed by atoms with E-state index >= 15 is 0 Å². The van der Waals surface area contributed by atoms with E-state index < -0.39 is 5.91 Å². The van der Waals surface area contributed by atoms with Crippen LogP contribution in [0.3, 0.4) is 0 Å². The molecular weight excluding hydrogens is 328 g/mol. The van der Waals surface area contributed by atoms with Gasteiger partial charge in [-0.3, -0.25) is 9.59 Å². The molecular formula is C18H15ClN2O3. The standard InChI is InChI=1S/C18H15ClN2O3/c1-10-15(19)7-6-13-16(10)20-9-14(17(13)22)18(23)21-11-4-3-5-12(8-11)24-2/h3-9H,1-2H3,(H,20,22)(H,21,23). The first-order valence-corrected chi connectivity index (χ1v) is 7.65. The number of amides is 1. The van der Waals surface area contributed by atoms with Crippen molar-refractivity contribution in [1.82, 2.24) is 4.98 Å². The summed E-state index contributed by atoms with van der Waals surface area (Å²) < 4.78 is 5.12. The topological polar surface area (TPSA) is 71.2 Å². The monoisotopic (exact) mass is 342 g/mol. The molecule has 1 amide bonds. The third-order valence-corrected chi connectivity index (χ3v) is 4.23. The molecule has 0 atom stereocenters. The lowest BCUT2D eigenvalue weighted by atomic mass is 10.1. The Kier molecular flexibility index (Phi) is 4.27. The van der Waals surface area contributed by atoms with E-state index in [1.807, 2.05) is 6.92 Å². The van der Waals surface area contributed by atoms with Crippen molar-refractivity contribution in [2.24, 2.45) is 0 Å². The summed E-state index contributed by atoms with van der Waals surface area (Å²) in [5.41, 5.74) is 1.64. The van der Waals surface area contributed by atoms with E-state index in [1.54, 1.807) is 43.5 Å². The van der Waals surface area contributed by atoms with Crippen molar-refractivity contribution in [3.8, 4) is 5.75 Å². The number of aryl methyl sites for hydroxylation is 1. The van der Waals surface area contributed by atoms with Crippen molar-refractivity contribution in [1.29, 1.82) is 0 Å². The number of aromatic amines is 1. The molecule has 24 heavy (non-hydrogen) atoms. The molecule has 122 valence electrons. The van der Waals surface area contributed by atoms with Gasteiger partial charge in [0.25, 0.3) is 5.91 Å². The number of hydrogen-bond donors (Lipinski definition) is 2. The van der Waals surface area contributed by atoms with E-state index in [4.69, 9.17) is 16.3 Å². The SMILES string of the molecule is COc1cccc(NC(=O)c2c[nH]c3c(C)c(Cl)ccc3c2=O)c1. The highest BCUT2D eigenvalue weighted by molar-refractivity contribution is 6.32. The number of benzene rings is 2. The molecule has 0 radical (unpaired) electrons. The average molecular weight is 343 g/mol. The summed E-state index contributed by atoms with van der Waals surface area (Å²) in [5, 5.41) is 3.69. The number of carbonyl (C=O) groups is 1. The van der Waals surface area contributed by atoms with Crippen LogP contribution >= 0.6 is 11.6 Å². The summed E-state index contributed by atoms with van der Waals surface area (Å²) in [5.74, 6) is 0.129. The van der Waals surface area contributed by atoms with Gasteiger partial charge in [0.15, 0.2) is 0 Å². The first-order chi connectivity index (χ1) is 11.5. The number of halogens is 1. The highest BCUT2D eigenvalue weighted by Crippen LogP contribution is 2.22. The summed E-state index contributed by atoms with van der Waals surface area (Å²) in [6.07, 6.45) is 1.41. The molecule has 2 N–H and O–H groups in total. The van der Waals surface area contributed by atoms with Gasteiger partial charge in [0.1, 0.15) is 11.3 Å². The maximum absolute atomic E-state index is 12.6. The number of anilines is 1. The van der Waals surface area contributed by atoms with E-state index in [9.17, 15) is 9.59 Å². The number of hydrogen-bond acceptors (Lipinski definition) is 3. The van der Waals surface area contributed by atoms with Crippen LogP contribution in [-0.2, 0) is 0 Å². The lowest BCUT2D eigenvalue weighted by Gasteiger charge is -2.09. The predicted octanol–water partition coefficient (Wildman–Crippen LogP) is 3.75. The summed E-state index contributed by atoms with van der Waals surface area (Å²) in [4.78, 5) is 28.0. The van der Waals surface area contributed by atoms with E-state index in [-0.39, 0.29) is 11.0 Å². The van der Waals surface area contributed by atoms with Crippen LogP contribution in [0.1, 0.15) is 15.9 Å². The third-order valence-electron chi connectivity index (χ3n) is 3.82. The zero-order valence-corrected chi connectivity index (χ0v) is 13.9. The zero-order valence-electron chi connectivity index (χ0n) is 13.1. The van der Waals surface area contributed by atoms with Gasteiger partial charge in [0.2, 0.25) is 5.43 Å². The van der Waals surface area contributed by atoms with Crippen molar-refractivity contribution in [2.75, 3.05) is 12.4 Å². The van der Waals surface area contributed by atoms with Crippen molar-refractivity contribution in [3.05, 3.63) is 69.0 Å². The van der Waals surface area contributed by atoms with Crippen molar-refractivity contribution in [3.63, 3.8) is 0 Å². The fourth-order valence-corrected chi connectivity index (χ4v) is 2.64. The Balaban J connectivity index is 2.00. The van der Waals surface area contributed by atoms with Gasteiger partial charge < -0.3 is 15.0 Å². The molecule has 0 fully saturated rings. The van der Waals surface area contributed by atoms with E-state index in [0.717, 1.165) is 5.56 Å². The highest BCUT2D eigenvalue weighted by atomic mass is 35.5. The minimum absolute atomic E-state index is 0.0343. The molecule has 3 rings (SSSR count). The van der Waals surface area contributed by atoms with Crippen LogP contribution in [0.5, 0.6) is 5.75 Å². The number of H-pyrrole nitrogens is 1. The fourth-order valence-electron chi connectivity index (χ4n) is 2.48. The Morgan fingerprint density at radius 2 is 2.04 bits per heavy atom. The van der Waals surface area contributed by atoms with E-state index in [1.165, 1.54) is 6.20 Å². The maximum atomic E-state index is 12.6. The minimum atomic E-state index is -0.487. The van der Waals surface area contributed by atoms with Crippen molar-refractivity contribution >= 4 is 34.1 Å². The molecule has 0 aliphatic rings. The van der Waals surface area contributed by atoms with E-state index in [0.29, 0.717) is 27.4 Å². The highest BCUT2D eigenvalue weighted by Gasteiger charge is 2.15. The molecule has 3 aromatic rings. The van der Waals surface area contributed by atoms with Gasteiger partial charge in [-0.2, -0.15) is 0 Å². The van der Waals surface area contributed by atoms with Crippen LogP contribution in [0.15, 0.2) is 47.4 Å². The molecule has 0 aliphatic heterocycles. The lowest BCUT2D eigenvalue weighted by Crippen LogP contribution is -2.22. The van der Waals surface area contributed by atoms with Gasteiger partial charge in [-0.15, -0.1) is 0 Å². The van der Waals surface area contributed by atoms with Crippen LogP contribution in [0.25, 0.3) is 10.9 Å². The van der Waals surface area contributed by atoms with Crippen LogP contribution in [-0.4, -0.2) is 18.0 Å². The Bertz CT molecular complexity index is 995. The second-order valence-corrected chi connectivity index (χ2v) is 5.72. The summed E-state index contributed by atoms with van der Waals surface area (Å²) in [7, 11) is 1.54. The first kappa shape index (κ1) is 16.1. The molecule has 1 aromatic heterocycles. The van der Waals surface area contributed by atoms with Crippen LogP contribution in [0, 0.1) is 6.92 Å². The first-order valence-electron chi connectivity index (χ1n) is 7.27. The number of ether oxygens (including phenoxy) is 1. The smallest absolute Gasteiger partial charge is 0.261 e. The molecule has 5 nitrogen and oxygen atoms in total. The molecule has 0 spiro atoms. The molecule has 0 aliphatic carbocycles. The van der Waals surface area contributed by atoms with Gasteiger partial charge in [-0.1, -0.05) is 17.7 Å². The Morgan fingerprint density at radius 1 is 1.25 bits per heavy atom. The number of rotatable bonds is 3. The summed E-state index contributed by atoms with van der Waals surface area (Å²) in [6.45, 7) is 1.82. The van der Waals surface area contributed by atoms with Crippen LogP contribution in [0.4, 0.5) is 5.69 Å². The molecule has 2 aromatic carbocycles. The Morgan fingerprint density at radius 3 is 2.79 bits per heavy atom. The molecule has 6 heteroatoms. The number of carbonyl (C=O) groups excluding carboxylic acids is 1. The largest absolute Gasteiger partial charge is 0.497 e. The molecule has 0 bridgehead atoms. The molecule has 1 heterocycles. The second-order valence-electron chi connectivity index (χ2n) is 5.31. The predicted molar refractivity (Wildman–Crippen MR) is 95.3 cm³/mol. The zero-order chi connectivity index (χ0) is 17.3. The maximum Gasteiger partial charge on any atom is 0.261 e. The minimum Gasteiger partial charge on any atom is -0.497 e. The summed E-state index contributed by atoms with van der Waals surface area (Å²) >= 11 is 6.07. The summed E-state index contributed by atoms with van der Waals surface area (Å²) in [6, 6.07) is 10.2. The number of pyridine rings is 1. The van der Waals surface area contributed by atoms with Crippen LogP contribution < -0.4 is 15.5 Å². The normalized spacial score (nSPS) is 10.6. The van der Waals surface area contributed by atoms with Gasteiger partial charge in [0, 0.05) is 28.4 Å². The van der Waals surface area contributed by atoms with Gasteiger partial charge in [-0.25, -0.2) is 0 Å². The van der Waals surface area contributed by atoms with Crippen molar-refractivity contribution < 1.29 is 9.53 Å². The quantitative estimate of drug-likeness (QED) is 0.761. The van der Waals surface area contributed by atoms with E-state index in [2.05, 4.69) is 10.3 Å². The van der Waals surface area contributed by atoms with Gasteiger partial charge >= 0.3 is 0 Å². The van der Waals surface area contributed by atoms with Gasteiger partial charge in [0.05, 0.1) is 12.6 Å².